The van der Waals surface area contributed by atoms with Crippen LogP contribution in [-0.2, 0) is 14.8 Å². The van der Waals surface area contributed by atoms with Crippen LogP contribution >= 0.6 is 0 Å². The number of amides is 1. The number of carbonyl (C=O) groups is 1. The van der Waals surface area contributed by atoms with E-state index in [1.54, 1.807) is 18.2 Å². The second kappa shape index (κ2) is 4.76. The van der Waals surface area contributed by atoms with Gasteiger partial charge in [0.15, 0.2) is 0 Å². The Hall–Kier alpha value is -1.88. The van der Waals surface area contributed by atoms with Crippen molar-refractivity contribution in [1.82, 2.24) is 4.72 Å². The molecule has 1 aromatic carbocycles. The monoisotopic (exact) mass is 237 g/mol. The van der Waals surface area contributed by atoms with Crippen LogP contribution in [0.3, 0.4) is 0 Å². The zero-order chi connectivity index (χ0) is 12.2. The Morgan fingerprint density at radius 1 is 1.19 bits per heavy atom. The predicted molar refractivity (Wildman–Crippen MR) is 62.1 cm³/mol. The fourth-order valence-electron chi connectivity index (χ4n) is 1.02. The van der Waals surface area contributed by atoms with Crippen LogP contribution in [0.1, 0.15) is 5.56 Å². The summed E-state index contributed by atoms with van der Waals surface area (Å²) in [7, 11) is -3.80. The minimum absolute atomic E-state index is 0.0216. The van der Waals surface area contributed by atoms with E-state index in [9.17, 15) is 13.2 Å². The lowest BCUT2D eigenvalue weighted by molar-refractivity contribution is -0.114. The van der Waals surface area contributed by atoms with Gasteiger partial charge in [0.05, 0.1) is 4.90 Å². The number of carbonyl (C=O) groups excluding carboxylic acids is 1. The minimum Gasteiger partial charge on any atom is -0.269 e. The summed E-state index contributed by atoms with van der Waals surface area (Å²) in [5.74, 6) is -0.757. The summed E-state index contributed by atoms with van der Waals surface area (Å²) in [5, 5.41) is 0. The average Bonchev–Trinajstić information content (AvgIpc) is 2.28. The Morgan fingerprint density at radius 3 is 2.19 bits per heavy atom. The highest BCUT2D eigenvalue weighted by atomic mass is 32.2. The second-order valence-electron chi connectivity index (χ2n) is 2.95. The number of nitrogens with one attached hydrogen (secondary N) is 1. The summed E-state index contributed by atoms with van der Waals surface area (Å²) < 4.78 is 25.0. The first kappa shape index (κ1) is 12.2. The van der Waals surface area contributed by atoms with E-state index < -0.39 is 15.9 Å². The first-order chi connectivity index (χ1) is 7.49. The smallest absolute Gasteiger partial charge is 0.264 e. The van der Waals surface area contributed by atoms with Crippen molar-refractivity contribution in [2.45, 2.75) is 4.90 Å². The van der Waals surface area contributed by atoms with Gasteiger partial charge in [-0.05, 0) is 23.8 Å². The SMILES string of the molecule is C=CC(=O)NS(=O)(=O)c1ccc(C=C)cc1. The van der Waals surface area contributed by atoms with Crippen LogP contribution in [0.25, 0.3) is 6.08 Å². The molecule has 0 bridgehead atoms. The van der Waals surface area contributed by atoms with E-state index in [1.165, 1.54) is 12.1 Å². The molecule has 0 atom stereocenters. The summed E-state index contributed by atoms with van der Waals surface area (Å²) in [6.07, 6.45) is 2.49. The molecule has 0 aliphatic rings. The van der Waals surface area contributed by atoms with Gasteiger partial charge < -0.3 is 0 Å². The molecule has 0 radical (unpaired) electrons. The Morgan fingerprint density at radius 2 is 1.75 bits per heavy atom. The van der Waals surface area contributed by atoms with Crippen molar-refractivity contribution in [3.05, 3.63) is 49.1 Å². The molecule has 1 aromatic rings. The molecular weight excluding hydrogens is 226 g/mol. The van der Waals surface area contributed by atoms with Crippen molar-refractivity contribution in [2.75, 3.05) is 0 Å². The standard InChI is InChI=1S/C11H11NO3S/c1-3-9-5-7-10(8-6-9)16(14,15)12-11(13)4-2/h3-8H,1-2H2,(H,12,13). The Bertz CT molecular complexity index is 515. The highest BCUT2D eigenvalue weighted by molar-refractivity contribution is 7.90. The van der Waals surface area contributed by atoms with E-state index in [2.05, 4.69) is 13.2 Å². The molecule has 0 saturated heterocycles. The zero-order valence-electron chi connectivity index (χ0n) is 8.51. The Kier molecular flexibility index (Phi) is 3.63. The third-order valence-corrected chi connectivity index (χ3v) is 3.21. The summed E-state index contributed by atoms with van der Waals surface area (Å²) in [6, 6.07) is 5.99. The summed E-state index contributed by atoms with van der Waals surface area (Å²) in [4.78, 5) is 10.9. The normalized spacial score (nSPS) is 10.5. The quantitative estimate of drug-likeness (QED) is 0.803. The van der Waals surface area contributed by atoms with Gasteiger partial charge in [0.2, 0.25) is 0 Å². The first-order valence-corrected chi connectivity index (χ1v) is 5.89. The van der Waals surface area contributed by atoms with Gasteiger partial charge in [0.1, 0.15) is 0 Å². The highest BCUT2D eigenvalue weighted by Gasteiger charge is 2.15. The van der Waals surface area contributed by atoms with Crippen molar-refractivity contribution < 1.29 is 13.2 Å². The molecule has 1 rings (SSSR count). The predicted octanol–water partition coefficient (Wildman–Crippen LogP) is 1.32. The van der Waals surface area contributed by atoms with Crippen LogP contribution < -0.4 is 4.72 Å². The van der Waals surface area contributed by atoms with Crippen molar-refractivity contribution in [1.29, 1.82) is 0 Å². The maximum atomic E-state index is 11.6. The van der Waals surface area contributed by atoms with E-state index >= 15 is 0 Å². The lowest BCUT2D eigenvalue weighted by Gasteiger charge is -2.04. The molecule has 1 N–H and O–H groups in total. The van der Waals surface area contributed by atoms with Crippen molar-refractivity contribution in [3.8, 4) is 0 Å². The third kappa shape index (κ3) is 2.80. The molecule has 16 heavy (non-hydrogen) atoms. The number of sulfonamides is 1. The molecule has 5 heteroatoms. The van der Waals surface area contributed by atoms with Crippen LogP contribution in [0.15, 0.2) is 48.4 Å². The molecular formula is C11H11NO3S. The fraction of sp³-hybridized carbons (Fsp3) is 0. The van der Waals surface area contributed by atoms with Gasteiger partial charge in [-0.2, -0.15) is 0 Å². The van der Waals surface area contributed by atoms with E-state index in [-0.39, 0.29) is 4.90 Å². The molecule has 0 unspecified atom stereocenters. The lowest BCUT2D eigenvalue weighted by Crippen LogP contribution is -2.28. The van der Waals surface area contributed by atoms with Crippen LogP contribution in [0.2, 0.25) is 0 Å². The zero-order valence-corrected chi connectivity index (χ0v) is 9.33. The number of hydrogen-bond donors (Lipinski definition) is 1. The molecule has 0 aliphatic heterocycles. The fourth-order valence-corrected chi connectivity index (χ4v) is 1.98. The molecule has 4 nitrogen and oxygen atoms in total. The third-order valence-electron chi connectivity index (χ3n) is 1.85. The van der Waals surface area contributed by atoms with Crippen LogP contribution in [0, 0.1) is 0 Å². The van der Waals surface area contributed by atoms with E-state index in [4.69, 9.17) is 0 Å². The largest absolute Gasteiger partial charge is 0.269 e. The van der Waals surface area contributed by atoms with Crippen LogP contribution in [-0.4, -0.2) is 14.3 Å². The van der Waals surface area contributed by atoms with E-state index in [0.717, 1.165) is 11.6 Å². The molecule has 84 valence electrons. The topological polar surface area (TPSA) is 63.2 Å². The molecule has 0 aromatic heterocycles. The van der Waals surface area contributed by atoms with Gasteiger partial charge in [0, 0.05) is 0 Å². The second-order valence-corrected chi connectivity index (χ2v) is 4.63. The number of rotatable bonds is 4. The number of benzene rings is 1. The molecule has 0 heterocycles. The maximum absolute atomic E-state index is 11.6. The molecule has 0 aliphatic carbocycles. The van der Waals surface area contributed by atoms with Crippen molar-refractivity contribution in [2.24, 2.45) is 0 Å². The van der Waals surface area contributed by atoms with Gasteiger partial charge in [-0.25, -0.2) is 13.1 Å². The maximum Gasteiger partial charge on any atom is 0.264 e. The summed E-state index contributed by atoms with van der Waals surface area (Å²) >= 11 is 0. The van der Waals surface area contributed by atoms with Crippen LogP contribution in [0.5, 0.6) is 0 Å². The number of hydrogen-bond acceptors (Lipinski definition) is 3. The lowest BCUT2D eigenvalue weighted by atomic mass is 10.2. The average molecular weight is 237 g/mol. The first-order valence-electron chi connectivity index (χ1n) is 4.41. The van der Waals surface area contributed by atoms with E-state index in [1.807, 2.05) is 4.72 Å². The highest BCUT2D eigenvalue weighted by Crippen LogP contribution is 2.10. The molecule has 0 spiro atoms. The Balaban J connectivity index is 3.03. The summed E-state index contributed by atoms with van der Waals surface area (Å²) in [5.41, 5.74) is 0.800. The van der Waals surface area contributed by atoms with Gasteiger partial charge in [0.25, 0.3) is 15.9 Å². The van der Waals surface area contributed by atoms with Crippen molar-refractivity contribution >= 4 is 22.0 Å². The van der Waals surface area contributed by atoms with E-state index in [0.29, 0.717) is 0 Å². The van der Waals surface area contributed by atoms with Gasteiger partial charge >= 0.3 is 0 Å². The molecule has 1 amide bonds. The van der Waals surface area contributed by atoms with Gasteiger partial charge in [-0.1, -0.05) is 31.4 Å². The van der Waals surface area contributed by atoms with Gasteiger partial charge in [-0.3, -0.25) is 4.79 Å². The molecule has 0 fully saturated rings. The van der Waals surface area contributed by atoms with Gasteiger partial charge in [-0.15, -0.1) is 0 Å². The summed E-state index contributed by atoms with van der Waals surface area (Å²) in [6.45, 7) is 6.73. The van der Waals surface area contributed by atoms with Crippen LogP contribution in [0.4, 0.5) is 0 Å². The Labute approximate surface area is 94.3 Å². The van der Waals surface area contributed by atoms with Crippen molar-refractivity contribution in [3.63, 3.8) is 0 Å². The molecule has 0 saturated carbocycles. The minimum atomic E-state index is -3.80.